The molecule has 3 aromatic rings. The van der Waals surface area contributed by atoms with Crippen molar-refractivity contribution in [2.24, 2.45) is 0 Å². The topological polar surface area (TPSA) is 38.1 Å². The molecule has 0 saturated carbocycles. The summed E-state index contributed by atoms with van der Waals surface area (Å²) in [4.78, 5) is 4.16. The zero-order valence-corrected chi connectivity index (χ0v) is 11.7. The van der Waals surface area contributed by atoms with E-state index < -0.39 is 0 Å². The van der Waals surface area contributed by atoms with Crippen LogP contribution in [0, 0.1) is 0 Å². The van der Waals surface area contributed by atoms with E-state index in [0.29, 0.717) is 0 Å². The van der Waals surface area contributed by atoms with Crippen molar-refractivity contribution in [3.05, 3.63) is 66.2 Å². The van der Waals surface area contributed by atoms with E-state index >= 15 is 0 Å². The minimum atomic E-state index is 0.151. The number of benzene rings is 1. The van der Waals surface area contributed by atoms with E-state index in [1.807, 2.05) is 30.5 Å². The molecule has 1 N–H and O–H groups in total. The third kappa shape index (κ3) is 2.58. The van der Waals surface area contributed by atoms with E-state index in [1.54, 1.807) is 6.20 Å². The van der Waals surface area contributed by atoms with Gasteiger partial charge in [0, 0.05) is 23.8 Å². The second-order valence-corrected chi connectivity index (χ2v) is 5.08. The summed E-state index contributed by atoms with van der Waals surface area (Å²) in [6, 6.07) is 14.6. The van der Waals surface area contributed by atoms with Crippen LogP contribution >= 0.6 is 0 Å². The predicted octanol–water partition coefficient (Wildman–Crippen LogP) is 4.24. The molecule has 0 fully saturated rings. The van der Waals surface area contributed by atoms with Gasteiger partial charge in [-0.15, -0.1) is 0 Å². The van der Waals surface area contributed by atoms with Crippen molar-refractivity contribution >= 4 is 11.0 Å². The minimum absolute atomic E-state index is 0.151. The van der Waals surface area contributed by atoms with Crippen LogP contribution in [0.3, 0.4) is 0 Å². The number of aromatic nitrogens is 1. The number of nitrogens with zero attached hydrogens (tertiary/aromatic N) is 1. The van der Waals surface area contributed by atoms with Crippen LogP contribution in [0.1, 0.15) is 37.3 Å². The molecule has 0 aliphatic carbocycles. The van der Waals surface area contributed by atoms with Crippen LogP contribution in [0.15, 0.2) is 59.3 Å². The van der Waals surface area contributed by atoms with E-state index in [-0.39, 0.29) is 12.1 Å². The monoisotopic (exact) mass is 266 g/mol. The van der Waals surface area contributed by atoms with Gasteiger partial charge in [0.1, 0.15) is 11.3 Å². The second kappa shape index (κ2) is 5.47. The number of pyridine rings is 1. The van der Waals surface area contributed by atoms with Gasteiger partial charge in [-0.1, -0.05) is 24.3 Å². The average Bonchev–Trinajstić information content (AvgIpc) is 2.92. The quantitative estimate of drug-likeness (QED) is 0.767. The van der Waals surface area contributed by atoms with Crippen LogP contribution in [-0.2, 0) is 0 Å². The molecule has 2 heterocycles. The van der Waals surface area contributed by atoms with Crippen molar-refractivity contribution in [1.82, 2.24) is 10.3 Å². The van der Waals surface area contributed by atoms with Crippen molar-refractivity contribution in [3.63, 3.8) is 0 Å². The minimum Gasteiger partial charge on any atom is -0.459 e. The summed E-state index contributed by atoms with van der Waals surface area (Å²) in [5.74, 6) is 0.960. The highest BCUT2D eigenvalue weighted by atomic mass is 16.3. The lowest BCUT2D eigenvalue weighted by molar-refractivity contribution is 0.417. The van der Waals surface area contributed by atoms with Gasteiger partial charge in [0.25, 0.3) is 0 Å². The van der Waals surface area contributed by atoms with Gasteiger partial charge < -0.3 is 9.73 Å². The normalized spacial score (nSPS) is 14.3. The Balaban J connectivity index is 1.77. The Labute approximate surface area is 118 Å². The van der Waals surface area contributed by atoms with E-state index in [4.69, 9.17) is 4.42 Å². The zero-order valence-electron chi connectivity index (χ0n) is 11.7. The molecule has 1 unspecified atom stereocenters. The van der Waals surface area contributed by atoms with Gasteiger partial charge in [0.15, 0.2) is 0 Å². The highest BCUT2D eigenvalue weighted by Crippen LogP contribution is 2.25. The van der Waals surface area contributed by atoms with E-state index in [1.165, 1.54) is 5.56 Å². The fourth-order valence-corrected chi connectivity index (χ4v) is 2.40. The summed E-state index contributed by atoms with van der Waals surface area (Å²) in [7, 11) is 0. The molecular formula is C17H18N2O. The van der Waals surface area contributed by atoms with Gasteiger partial charge in [-0.05, 0) is 37.6 Å². The predicted molar refractivity (Wildman–Crippen MR) is 80.4 cm³/mol. The summed E-state index contributed by atoms with van der Waals surface area (Å²) in [5, 5.41) is 4.68. The molecule has 3 heteroatoms. The Morgan fingerprint density at radius 3 is 2.65 bits per heavy atom. The number of hydrogen-bond donors (Lipinski definition) is 1. The molecule has 3 rings (SSSR count). The maximum Gasteiger partial charge on any atom is 0.134 e. The van der Waals surface area contributed by atoms with Gasteiger partial charge in [-0.2, -0.15) is 0 Å². The molecule has 0 saturated heterocycles. The number of nitrogens with one attached hydrogen (secondary N) is 1. The lowest BCUT2D eigenvalue weighted by Crippen LogP contribution is -2.22. The second-order valence-electron chi connectivity index (χ2n) is 5.08. The van der Waals surface area contributed by atoms with E-state index in [9.17, 15) is 0 Å². The molecule has 0 aliphatic heterocycles. The molecule has 2 atom stereocenters. The van der Waals surface area contributed by atoms with Crippen molar-refractivity contribution in [2.45, 2.75) is 25.9 Å². The average molecular weight is 266 g/mol. The smallest absolute Gasteiger partial charge is 0.134 e. The largest absolute Gasteiger partial charge is 0.459 e. The molecular weight excluding hydrogens is 248 g/mol. The zero-order chi connectivity index (χ0) is 13.9. The number of fused-ring (bicyclic) bond motifs is 1. The maximum atomic E-state index is 5.89. The Kier molecular flexibility index (Phi) is 3.52. The van der Waals surface area contributed by atoms with Crippen molar-refractivity contribution in [3.8, 4) is 0 Å². The number of para-hydroxylation sites is 1. The van der Waals surface area contributed by atoms with Crippen LogP contribution in [0.25, 0.3) is 11.0 Å². The van der Waals surface area contributed by atoms with Gasteiger partial charge in [0.2, 0.25) is 0 Å². The first-order valence-electron chi connectivity index (χ1n) is 6.88. The molecule has 102 valence electrons. The lowest BCUT2D eigenvalue weighted by atomic mass is 10.1. The molecule has 0 amide bonds. The van der Waals surface area contributed by atoms with Crippen molar-refractivity contribution < 1.29 is 4.42 Å². The first kappa shape index (κ1) is 12.9. The first-order chi connectivity index (χ1) is 9.74. The SMILES string of the molecule is CC(N[C@@H](C)c1cccnc1)c1cc2ccccc2o1. The van der Waals surface area contributed by atoms with E-state index in [2.05, 4.69) is 42.3 Å². The fraction of sp³-hybridized carbons (Fsp3) is 0.235. The van der Waals surface area contributed by atoms with Gasteiger partial charge >= 0.3 is 0 Å². The molecule has 0 bridgehead atoms. The Morgan fingerprint density at radius 2 is 1.90 bits per heavy atom. The van der Waals surface area contributed by atoms with Gasteiger partial charge in [0.05, 0.1) is 6.04 Å². The van der Waals surface area contributed by atoms with Crippen LogP contribution < -0.4 is 5.32 Å². The third-order valence-electron chi connectivity index (χ3n) is 3.56. The van der Waals surface area contributed by atoms with Crippen molar-refractivity contribution in [2.75, 3.05) is 0 Å². The van der Waals surface area contributed by atoms with E-state index in [0.717, 1.165) is 16.7 Å². The standard InChI is InChI=1S/C17H18N2O/c1-12(15-7-5-9-18-11-15)19-13(2)17-10-14-6-3-4-8-16(14)20-17/h3-13,19H,1-2H3/t12-,13?/m0/s1. The molecule has 20 heavy (non-hydrogen) atoms. The summed E-state index contributed by atoms with van der Waals surface area (Å²) in [5.41, 5.74) is 2.11. The highest BCUT2D eigenvalue weighted by Gasteiger charge is 2.14. The Bertz CT molecular complexity index is 657. The van der Waals surface area contributed by atoms with Crippen LogP contribution in [0.4, 0.5) is 0 Å². The Hall–Kier alpha value is -2.13. The Morgan fingerprint density at radius 1 is 1.05 bits per heavy atom. The number of hydrogen-bond acceptors (Lipinski definition) is 3. The summed E-state index contributed by atoms with van der Waals surface area (Å²) < 4.78 is 5.89. The van der Waals surface area contributed by atoms with Crippen molar-refractivity contribution in [1.29, 1.82) is 0 Å². The third-order valence-corrected chi connectivity index (χ3v) is 3.56. The molecule has 2 aromatic heterocycles. The summed E-state index contributed by atoms with van der Waals surface area (Å²) in [6.07, 6.45) is 3.68. The first-order valence-corrected chi connectivity index (χ1v) is 6.88. The summed E-state index contributed by atoms with van der Waals surface area (Å²) >= 11 is 0. The van der Waals surface area contributed by atoms with Gasteiger partial charge in [-0.3, -0.25) is 4.98 Å². The number of furan rings is 1. The molecule has 1 aromatic carbocycles. The number of rotatable bonds is 4. The maximum absolute atomic E-state index is 5.89. The highest BCUT2D eigenvalue weighted by molar-refractivity contribution is 5.77. The summed E-state index contributed by atoms with van der Waals surface area (Å²) in [6.45, 7) is 4.25. The van der Waals surface area contributed by atoms with Crippen LogP contribution in [0.2, 0.25) is 0 Å². The van der Waals surface area contributed by atoms with Gasteiger partial charge in [-0.25, -0.2) is 0 Å². The molecule has 3 nitrogen and oxygen atoms in total. The molecule has 0 aliphatic rings. The molecule has 0 spiro atoms. The lowest BCUT2D eigenvalue weighted by Gasteiger charge is -2.18. The van der Waals surface area contributed by atoms with Crippen LogP contribution in [-0.4, -0.2) is 4.98 Å². The molecule has 0 radical (unpaired) electrons. The fourth-order valence-electron chi connectivity index (χ4n) is 2.40. The van der Waals surface area contributed by atoms with Crippen LogP contribution in [0.5, 0.6) is 0 Å².